The van der Waals surface area contributed by atoms with Gasteiger partial charge in [-0.25, -0.2) is 9.97 Å². The van der Waals surface area contributed by atoms with E-state index in [1.807, 2.05) is 0 Å². The van der Waals surface area contributed by atoms with Crippen molar-refractivity contribution in [3.05, 3.63) is 24.3 Å². The van der Waals surface area contributed by atoms with E-state index < -0.39 is 0 Å². The van der Waals surface area contributed by atoms with Crippen LogP contribution in [0.25, 0.3) is 5.78 Å². The first-order valence-electron chi connectivity index (χ1n) is 3.26. The summed E-state index contributed by atoms with van der Waals surface area (Å²) in [5, 5.41) is 9.22. The quantitative estimate of drug-likeness (QED) is 0.601. The summed E-state index contributed by atoms with van der Waals surface area (Å²) in [4.78, 5) is 8.00. The summed E-state index contributed by atoms with van der Waals surface area (Å²) >= 11 is 0. The molecule has 0 radical (unpaired) electrons. The van der Waals surface area contributed by atoms with E-state index in [9.17, 15) is 5.11 Å². The van der Waals surface area contributed by atoms with Gasteiger partial charge in [-0.3, -0.25) is 4.40 Å². The highest BCUT2D eigenvalue weighted by atomic mass is 16.3. The molecule has 2 rings (SSSR count). The van der Waals surface area contributed by atoms with Gasteiger partial charge in [0.05, 0.1) is 11.9 Å². The Kier molecular flexibility index (Phi) is 1.09. The van der Waals surface area contributed by atoms with Gasteiger partial charge in [0, 0.05) is 12.4 Å². The van der Waals surface area contributed by atoms with E-state index in [2.05, 4.69) is 9.97 Å². The maximum Gasteiger partial charge on any atom is 0.234 e. The highest BCUT2D eigenvalue weighted by molar-refractivity contribution is 5.34. The lowest BCUT2D eigenvalue weighted by molar-refractivity contribution is 0.464. The number of aromatic hydroxyl groups is 1. The van der Waals surface area contributed by atoms with Crippen molar-refractivity contribution in [2.75, 3.05) is 0 Å². The second-order valence-electron chi connectivity index (χ2n) is 2.35. The molecule has 0 saturated carbocycles. The highest BCUT2D eigenvalue weighted by Gasteiger charge is 1.99. The second-order valence-corrected chi connectivity index (χ2v) is 2.35. The van der Waals surface area contributed by atoms with Gasteiger partial charge in [-0.15, -0.1) is 0 Å². The van der Waals surface area contributed by atoms with Gasteiger partial charge in [-0.1, -0.05) is 0 Å². The number of rotatable bonds is 0. The zero-order valence-electron chi connectivity index (χ0n) is 6.02. The summed E-state index contributed by atoms with van der Waals surface area (Å²) < 4.78 is 1.67. The molecule has 4 nitrogen and oxygen atoms in total. The minimum Gasteiger partial charge on any atom is -0.505 e. The van der Waals surface area contributed by atoms with Crippen molar-refractivity contribution < 1.29 is 5.11 Å². The Morgan fingerprint density at radius 2 is 2.36 bits per heavy atom. The van der Waals surface area contributed by atoms with Gasteiger partial charge < -0.3 is 5.11 Å². The number of hydrogen-bond acceptors (Lipinski definition) is 3. The van der Waals surface area contributed by atoms with Gasteiger partial charge in [0.25, 0.3) is 0 Å². The van der Waals surface area contributed by atoms with Crippen LogP contribution in [-0.2, 0) is 0 Å². The standard InChI is InChI=1S/C7H7N3O/c1-5-6(11)4-10-3-2-8-7(10)9-5/h2-4,11H,1H3. The Balaban J connectivity index is 2.86. The largest absolute Gasteiger partial charge is 0.505 e. The number of imidazole rings is 1. The van der Waals surface area contributed by atoms with Crippen LogP contribution in [0.2, 0.25) is 0 Å². The molecule has 2 aromatic rings. The highest BCUT2D eigenvalue weighted by Crippen LogP contribution is 2.12. The van der Waals surface area contributed by atoms with Crippen LogP contribution in [0.15, 0.2) is 18.6 Å². The predicted octanol–water partition coefficient (Wildman–Crippen LogP) is 0.743. The molecule has 0 saturated heterocycles. The summed E-state index contributed by atoms with van der Waals surface area (Å²) in [6, 6.07) is 0. The molecule has 0 spiro atoms. The van der Waals surface area contributed by atoms with Crippen molar-refractivity contribution >= 4 is 5.78 Å². The van der Waals surface area contributed by atoms with E-state index in [1.165, 1.54) is 0 Å². The molecular formula is C7H7N3O. The van der Waals surface area contributed by atoms with Crippen molar-refractivity contribution in [2.45, 2.75) is 6.92 Å². The molecule has 0 unspecified atom stereocenters. The van der Waals surface area contributed by atoms with Crippen LogP contribution in [-0.4, -0.2) is 19.5 Å². The Labute approximate surface area is 63.1 Å². The normalized spacial score (nSPS) is 10.6. The molecule has 2 heterocycles. The fourth-order valence-electron chi connectivity index (χ4n) is 0.925. The summed E-state index contributed by atoms with van der Waals surface area (Å²) in [5.74, 6) is 0.802. The van der Waals surface area contributed by atoms with E-state index in [4.69, 9.17) is 0 Å². The molecule has 56 valence electrons. The van der Waals surface area contributed by atoms with Gasteiger partial charge in [-0.2, -0.15) is 0 Å². The molecule has 0 bridgehead atoms. The molecular weight excluding hydrogens is 142 g/mol. The minimum atomic E-state index is 0.190. The van der Waals surface area contributed by atoms with Crippen molar-refractivity contribution in [3.63, 3.8) is 0 Å². The van der Waals surface area contributed by atoms with E-state index in [0.717, 1.165) is 0 Å². The summed E-state index contributed by atoms with van der Waals surface area (Å²) in [6.45, 7) is 1.74. The van der Waals surface area contributed by atoms with Crippen LogP contribution >= 0.6 is 0 Å². The maximum absolute atomic E-state index is 9.22. The zero-order chi connectivity index (χ0) is 7.84. The Bertz CT molecular complexity index is 357. The lowest BCUT2D eigenvalue weighted by Crippen LogP contribution is -1.90. The van der Waals surface area contributed by atoms with E-state index in [1.54, 1.807) is 29.9 Å². The van der Waals surface area contributed by atoms with Gasteiger partial charge in [0.15, 0.2) is 5.75 Å². The first-order valence-corrected chi connectivity index (χ1v) is 3.26. The minimum absolute atomic E-state index is 0.190. The summed E-state index contributed by atoms with van der Waals surface area (Å²) in [5.41, 5.74) is 0.601. The molecule has 0 amide bonds. The van der Waals surface area contributed by atoms with Gasteiger partial charge in [-0.05, 0) is 6.92 Å². The van der Waals surface area contributed by atoms with Gasteiger partial charge in [0.1, 0.15) is 0 Å². The second kappa shape index (κ2) is 1.95. The molecule has 2 aromatic heterocycles. The average Bonchev–Trinajstić information content (AvgIpc) is 2.36. The molecule has 1 N–H and O–H groups in total. The Morgan fingerprint density at radius 1 is 1.55 bits per heavy atom. The first-order chi connectivity index (χ1) is 5.27. The van der Waals surface area contributed by atoms with Crippen LogP contribution < -0.4 is 0 Å². The SMILES string of the molecule is Cc1nc2nccn2cc1O. The zero-order valence-corrected chi connectivity index (χ0v) is 6.02. The van der Waals surface area contributed by atoms with E-state index >= 15 is 0 Å². The third-order valence-corrected chi connectivity index (χ3v) is 1.55. The molecule has 0 aliphatic heterocycles. The van der Waals surface area contributed by atoms with Crippen LogP contribution in [0, 0.1) is 6.92 Å². The smallest absolute Gasteiger partial charge is 0.234 e. The predicted molar refractivity (Wildman–Crippen MR) is 39.4 cm³/mol. The van der Waals surface area contributed by atoms with Gasteiger partial charge in [0.2, 0.25) is 5.78 Å². The van der Waals surface area contributed by atoms with Crippen molar-refractivity contribution in [3.8, 4) is 5.75 Å². The topological polar surface area (TPSA) is 50.4 Å². The molecule has 0 aliphatic rings. The fraction of sp³-hybridized carbons (Fsp3) is 0.143. The number of aromatic nitrogens is 3. The van der Waals surface area contributed by atoms with Crippen LogP contribution in [0.3, 0.4) is 0 Å². The third-order valence-electron chi connectivity index (χ3n) is 1.55. The van der Waals surface area contributed by atoms with E-state index in [0.29, 0.717) is 11.5 Å². The van der Waals surface area contributed by atoms with Crippen molar-refractivity contribution in [1.82, 2.24) is 14.4 Å². The van der Waals surface area contributed by atoms with Crippen molar-refractivity contribution in [2.24, 2.45) is 0 Å². The Morgan fingerprint density at radius 3 is 3.18 bits per heavy atom. The molecule has 0 aliphatic carbocycles. The summed E-state index contributed by atoms with van der Waals surface area (Å²) in [7, 11) is 0. The number of hydrogen-bond donors (Lipinski definition) is 1. The van der Waals surface area contributed by atoms with Crippen molar-refractivity contribution in [1.29, 1.82) is 0 Å². The molecule has 0 atom stereocenters. The maximum atomic E-state index is 9.22. The average molecular weight is 149 g/mol. The van der Waals surface area contributed by atoms with Crippen LogP contribution in [0.1, 0.15) is 5.69 Å². The number of aryl methyl sites for hydroxylation is 1. The van der Waals surface area contributed by atoms with Crippen LogP contribution in [0.5, 0.6) is 5.75 Å². The number of fused-ring (bicyclic) bond motifs is 1. The fourth-order valence-corrected chi connectivity index (χ4v) is 0.925. The molecule has 11 heavy (non-hydrogen) atoms. The third kappa shape index (κ3) is 0.832. The van der Waals surface area contributed by atoms with Gasteiger partial charge >= 0.3 is 0 Å². The number of nitrogens with zero attached hydrogens (tertiary/aromatic N) is 3. The lowest BCUT2D eigenvalue weighted by Gasteiger charge is -1.97. The van der Waals surface area contributed by atoms with Crippen LogP contribution in [0.4, 0.5) is 0 Å². The molecule has 0 fully saturated rings. The monoisotopic (exact) mass is 149 g/mol. The molecule has 4 heteroatoms. The first kappa shape index (κ1) is 6.15. The lowest BCUT2D eigenvalue weighted by atomic mass is 10.4. The van der Waals surface area contributed by atoms with E-state index in [-0.39, 0.29) is 5.75 Å². The Hall–Kier alpha value is -1.58. The summed E-state index contributed by atoms with van der Waals surface area (Å²) in [6.07, 6.45) is 4.97. The molecule has 0 aromatic carbocycles.